The molecule has 6 heteroatoms. The third-order valence-corrected chi connectivity index (χ3v) is 1.09. The summed E-state index contributed by atoms with van der Waals surface area (Å²) in [7, 11) is 0. The maximum atomic E-state index is 12.3. The van der Waals surface area contributed by atoms with Gasteiger partial charge in [-0.25, -0.2) is 4.39 Å². The van der Waals surface area contributed by atoms with Gasteiger partial charge in [-0.15, -0.1) is 0 Å². The Morgan fingerprint density at radius 1 is 1.55 bits per heavy atom. The third-order valence-electron chi connectivity index (χ3n) is 1.09. The van der Waals surface area contributed by atoms with Gasteiger partial charge in [0, 0.05) is 6.42 Å². The summed E-state index contributed by atoms with van der Waals surface area (Å²) in [5.74, 6) is -2.55. The fourth-order valence-electron chi connectivity index (χ4n) is 0.440. The largest absolute Gasteiger partial charge is 0.480 e. The van der Waals surface area contributed by atoms with Gasteiger partial charge >= 0.3 is 5.97 Å². The maximum absolute atomic E-state index is 12.3. The molecular weight excluding hydrogens is 155 g/mol. The zero-order chi connectivity index (χ0) is 9.02. The standard InChI is InChI=1S/C5H9FN2O3/c6-2(4(8)9)1-3(7)5(10)11/h2-3H,1,7H2,(H2,8,9)(H,10,11)/t2-,3-/m0/s1. The summed E-state index contributed by atoms with van der Waals surface area (Å²) in [5, 5.41) is 8.17. The van der Waals surface area contributed by atoms with E-state index in [-0.39, 0.29) is 0 Å². The number of carbonyl (C=O) groups excluding carboxylic acids is 1. The minimum Gasteiger partial charge on any atom is -0.480 e. The van der Waals surface area contributed by atoms with Gasteiger partial charge in [0.1, 0.15) is 6.04 Å². The summed E-state index contributed by atoms with van der Waals surface area (Å²) in [6.45, 7) is 0. The lowest BCUT2D eigenvalue weighted by Crippen LogP contribution is -2.37. The molecule has 5 N–H and O–H groups in total. The van der Waals surface area contributed by atoms with Crippen LogP contribution in [0.4, 0.5) is 4.39 Å². The van der Waals surface area contributed by atoms with Crippen LogP contribution < -0.4 is 11.5 Å². The Hall–Kier alpha value is -1.17. The van der Waals surface area contributed by atoms with Crippen molar-refractivity contribution in [3.05, 3.63) is 0 Å². The quantitative estimate of drug-likeness (QED) is 0.475. The van der Waals surface area contributed by atoms with Gasteiger partial charge in [0.2, 0.25) is 0 Å². The van der Waals surface area contributed by atoms with Crippen molar-refractivity contribution < 1.29 is 19.1 Å². The van der Waals surface area contributed by atoms with Gasteiger partial charge in [-0.3, -0.25) is 9.59 Å². The van der Waals surface area contributed by atoms with E-state index in [9.17, 15) is 14.0 Å². The molecule has 0 aliphatic rings. The molecule has 0 spiro atoms. The highest BCUT2D eigenvalue weighted by atomic mass is 19.1. The van der Waals surface area contributed by atoms with Crippen molar-refractivity contribution in [3.63, 3.8) is 0 Å². The van der Waals surface area contributed by atoms with E-state index in [1.807, 2.05) is 0 Å². The summed E-state index contributed by atoms with van der Waals surface area (Å²) >= 11 is 0. The van der Waals surface area contributed by atoms with Gasteiger partial charge in [0.05, 0.1) is 0 Å². The predicted octanol–water partition coefficient (Wildman–Crippen LogP) is -1.39. The molecule has 0 rings (SSSR count). The monoisotopic (exact) mass is 164 g/mol. The molecule has 0 saturated carbocycles. The average molecular weight is 164 g/mol. The minimum absolute atomic E-state index is 0.579. The van der Waals surface area contributed by atoms with Crippen LogP contribution in [0.5, 0.6) is 0 Å². The lowest BCUT2D eigenvalue weighted by molar-refractivity contribution is -0.139. The molecule has 0 heterocycles. The number of amides is 1. The molecule has 11 heavy (non-hydrogen) atoms. The van der Waals surface area contributed by atoms with Crippen LogP contribution in [-0.4, -0.2) is 29.2 Å². The molecule has 0 unspecified atom stereocenters. The Kier molecular flexibility index (Phi) is 3.46. The van der Waals surface area contributed by atoms with Crippen LogP contribution in [0.15, 0.2) is 0 Å². The van der Waals surface area contributed by atoms with Crippen molar-refractivity contribution in [2.75, 3.05) is 0 Å². The summed E-state index contributed by atoms with van der Waals surface area (Å²) in [5.41, 5.74) is 9.43. The predicted molar refractivity (Wildman–Crippen MR) is 34.3 cm³/mol. The molecule has 0 aromatic heterocycles. The van der Waals surface area contributed by atoms with Crippen LogP contribution in [0, 0.1) is 0 Å². The highest BCUT2D eigenvalue weighted by molar-refractivity contribution is 5.80. The van der Waals surface area contributed by atoms with Crippen molar-refractivity contribution in [3.8, 4) is 0 Å². The number of halogens is 1. The van der Waals surface area contributed by atoms with Crippen molar-refractivity contribution in [1.82, 2.24) is 0 Å². The summed E-state index contributed by atoms with van der Waals surface area (Å²) < 4.78 is 12.3. The van der Waals surface area contributed by atoms with Crippen LogP contribution in [-0.2, 0) is 9.59 Å². The molecule has 0 aromatic carbocycles. The number of primary amides is 1. The smallest absolute Gasteiger partial charge is 0.320 e. The first kappa shape index (κ1) is 9.83. The van der Waals surface area contributed by atoms with Gasteiger partial charge < -0.3 is 16.6 Å². The molecule has 0 aliphatic heterocycles. The van der Waals surface area contributed by atoms with E-state index in [1.165, 1.54) is 0 Å². The number of aliphatic carboxylic acids is 1. The Bertz CT molecular complexity index is 155. The molecule has 0 aliphatic carbocycles. The Morgan fingerprint density at radius 2 is 2.00 bits per heavy atom. The van der Waals surface area contributed by atoms with E-state index in [0.717, 1.165) is 0 Å². The van der Waals surface area contributed by atoms with E-state index in [2.05, 4.69) is 5.73 Å². The van der Waals surface area contributed by atoms with E-state index in [1.54, 1.807) is 0 Å². The number of carboxylic acid groups (broad SMARTS) is 1. The van der Waals surface area contributed by atoms with Crippen LogP contribution in [0.3, 0.4) is 0 Å². The number of carboxylic acids is 1. The Labute approximate surface area is 62.2 Å². The zero-order valence-electron chi connectivity index (χ0n) is 5.66. The fourth-order valence-corrected chi connectivity index (χ4v) is 0.440. The normalized spacial score (nSPS) is 15.5. The maximum Gasteiger partial charge on any atom is 0.320 e. The highest BCUT2D eigenvalue weighted by Gasteiger charge is 2.21. The molecule has 0 saturated heterocycles. The van der Waals surface area contributed by atoms with Crippen LogP contribution >= 0.6 is 0 Å². The van der Waals surface area contributed by atoms with Gasteiger partial charge in [-0.1, -0.05) is 0 Å². The number of carbonyl (C=O) groups is 2. The minimum atomic E-state index is -1.99. The van der Waals surface area contributed by atoms with Crippen LogP contribution in [0.1, 0.15) is 6.42 Å². The second kappa shape index (κ2) is 3.87. The molecule has 64 valence electrons. The molecule has 5 nitrogen and oxygen atoms in total. The van der Waals surface area contributed by atoms with Gasteiger partial charge in [0.15, 0.2) is 6.17 Å². The number of rotatable bonds is 4. The SMILES string of the molecule is NC(=O)[C@@H](F)C[C@H](N)C(=O)O. The fraction of sp³-hybridized carbons (Fsp3) is 0.600. The molecule has 0 aromatic rings. The lowest BCUT2D eigenvalue weighted by Gasteiger charge is -2.06. The van der Waals surface area contributed by atoms with E-state index < -0.39 is 30.5 Å². The molecular formula is C5H9FN2O3. The average Bonchev–Trinajstić information content (AvgIpc) is 1.87. The molecule has 0 radical (unpaired) electrons. The van der Waals surface area contributed by atoms with Gasteiger partial charge in [-0.2, -0.15) is 0 Å². The van der Waals surface area contributed by atoms with Crippen molar-refractivity contribution in [2.45, 2.75) is 18.6 Å². The lowest BCUT2D eigenvalue weighted by atomic mass is 10.1. The summed E-state index contributed by atoms with van der Waals surface area (Å²) in [6.07, 6.45) is -2.56. The van der Waals surface area contributed by atoms with Crippen LogP contribution in [0.2, 0.25) is 0 Å². The highest BCUT2D eigenvalue weighted by Crippen LogP contribution is 1.99. The number of alkyl halides is 1. The van der Waals surface area contributed by atoms with E-state index in [4.69, 9.17) is 10.8 Å². The van der Waals surface area contributed by atoms with Gasteiger partial charge in [-0.05, 0) is 0 Å². The van der Waals surface area contributed by atoms with Gasteiger partial charge in [0.25, 0.3) is 5.91 Å². The first-order chi connectivity index (χ1) is 4.95. The first-order valence-electron chi connectivity index (χ1n) is 2.87. The molecule has 2 atom stereocenters. The summed E-state index contributed by atoms with van der Waals surface area (Å²) in [6, 6.07) is -1.38. The van der Waals surface area contributed by atoms with E-state index in [0.29, 0.717) is 0 Å². The molecule has 0 fully saturated rings. The topological polar surface area (TPSA) is 106 Å². The number of hydrogen-bond donors (Lipinski definition) is 3. The molecule has 0 bridgehead atoms. The van der Waals surface area contributed by atoms with Crippen LogP contribution in [0.25, 0.3) is 0 Å². The number of hydrogen-bond acceptors (Lipinski definition) is 3. The van der Waals surface area contributed by atoms with Crippen molar-refractivity contribution >= 4 is 11.9 Å². The van der Waals surface area contributed by atoms with Crippen molar-refractivity contribution in [2.24, 2.45) is 11.5 Å². The van der Waals surface area contributed by atoms with Crippen molar-refractivity contribution in [1.29, 1.82) is 0 Å². The second-order valence-corrected chi connectivity index (χ2v) is 2.05. The summed E-state index contributed by atoms with van der Waals surface area (Å²) in [4.78, 5) is 20.1. The second-order valence-electron chi connectivity index (χ2n) is 2.05. The Balaban J connectivity index is 3.84. The number of nitrogens with two attached hydrogens (primary N) is 2. The molecule has 1 amide bonds. The first-order valence-corrected chi connectivity index (χ1v) is 2.87. The van der Waals surface area contributed by atoms with E-state index >= 15 is 0 Å². The Morgan fingerprint density at radius 3 is 2.27 bits per heavy atom. The third kappa shape index (κ3) is 3.51. The zero-order valence-corrected chi connectivity index (χ0v) is 5.66.